The van der Waals surface area contributed by atoms with Crippen molar-refractivity contribution in [3.63, 3.8) is 0 Å². The predicted octanol–water partition coefficient (Wildman–Crippen LogP) is 3.07. The number of nitrogens with zero attached hydrogens (tertiary/aromatic N) is 2. The normalized spacial score (nSPS) is 11.0. The minimum Gasteiger partial charge on any atom is -0.300 e. The van der Waals surface area contributed by atoms with Crippen molar-refractivity contribution in [1.29, 1.82) is 0 Å². The summed E-state index contributed by atoms with van der Waals surface area (Å²) in [5.41, 5.74) is 3.17. The second-order valence-electron chi connectivity index (χ2n) is 6.78. The number of amides is 1. The summed E-state index contributed by atoms with van der Waals surface area (Å²) in [5.74, 6) is -0.445. The van der Waals surface area contributed by atoms with Crippen LogP contribution in [-0.4, -0.2) is 20.7 Å². The molecule has 0 spiro atoms. The van der Waals surface area contributed by atoms with Gasteiger partial charge in [0.1, 0.15) is 6.54 Å². The summed E-state index contributed by atoms with van der Waals surface area (Å²) in [4.78, 5) is 41.6. The zero-order valence-corrected chi connectivity index (χ0v) is 16.7. The van der Waals surface area contributed by atoms with E-state index in [1.807, 2.05) is 31.4 Å². The van der Waals surface area contributed by atoms with E-state index in [1.54, 1.807) is 24.3 Å². The Bertz CT molecular complexity index is 1350. The maximum absolute atomic E-state index is 12.5. The monoisotopic (exact) mass is 406 g/mol. The first kappa shape index (κ1) is 18.8. The Morgan fingerprint density at radius 3 is 2.69 bits per heavy atom. The zero-order valence-electron chi connectivity index (χ0n) is 15.9. The Morgan fingerprint density at radius 1 is 1.14 bits per heavy atom. The molecular formula is C21H18N4O3S. The molecule has 0 aliphatic heterocycles. The third kappa shape index (κ3) is 3.74. The molecule has 29 heavy (non-hydrogen) atoms. The molecule has 0 unspecified atom stereocenters. The minimum atomic E-state index is -0.445. The molecule has 0 atom stereocenters. The molecule has 0 radical (unpaired) electrons. The summed E-state index contributed by atoms with van der Waals surface area (Å²) in [5, 5.41) is 8.03. The van der Waals surface area contributed by atoms with E-state index in [4.69, 9.17) is 0 Å². The van der Waals surface area contributed by atoms with Crippen molar-refractivity contribution in [2.24, 2.45) is 0 Å². The number of benzene rings is 2. The molecular weight excluding hydrogens is 388 g/mol. The first-order valence-electron chi connectivity index (χ1n) is 8.97. The molecule has 8 heteroatoms. The quantitative estimate of drug-likeness (QED) is 0.544. The Kier molecular flexibility index (Phi) is 4.85. The van der Waals surface area contributed by atoms with E-state index < -0.39 is 17.0 Å². The summed E-state index contributed by atoms with van der Waals surface area (Å²) < 4.78 is 1.01. The highest BCUT2D eigenvalue weighted by Crippen LogP contribution is 2.28. The van der Waals surface area contributed by atoms with Crippen LogP contribution < -0.4 is 16.4 Å². The largest absolute Gasteiger partial charge is 0.300 e. The highest BCUT2D eigenvalue weighted by atomic mass is 32.1. The van der Waals surface area contributed by atoms with E-state index in [0.29, 0.717) is 10.5 Å². The molecule has 0 saturated carbocycles. The highest BCUT2D eigenvalue weighted by molar-refractivity contribution is 7.14. The van der Waals surface area contributed by atoms with Gasteiger partial charge < -0.3 is 5.32 Å². The second kappa shape index (κ2) is 7.48. The van der Waals surface area contributed by atoms with Gasteiger partial charge in [-0.2, -0.15) is 0 Å². The average molecular weight is 406 g/mol. The molecule has 2 aromatic heterocycles. The Labute approximate surface area is 169 Å². The number of nitrogens with one attached hydrogen (secondary N) is 2. The van der Waals surface area contributed by atoms with Gasteiger partial charge in [-0.15, -0.1) is 11.3 Å². The third-order valence-electron chi connectivity index (χ3n) is 4.61. The van der Waals surface area contributed by atoms with Crippen LogP contribution in [0, 0.1) is 13.8 Å². The molecule has 4 aromatic rings. The summed E-state index contributed by atoms with van der Waals surface area (Å²) in [6, 6.07) is 12.6. The van der Waals surface area contributed by atoms with Crippen LogP contribution in [0.15, 0.2) is 57.4 Å². The molecule has 0 aliphatic rings. The number of carbonyl (C=O) groups is 1. The van der Waals surface area contributed by atoms with Gasteiger partial charge in [0.25, 0.3) is 11.1 Å². The smallest absolute Gasteiger partial charge is 0.273 e. The van der Waals surface area contributed by atoms with E-state index in [1.165, 1.54) is 11.3 Å². The van der Waals surface area contributed by atoms with E-state index in [0.717, 1.165) is 27.1 Å². The standard InChI is InChI=1S/C21H18N4O3S/c1-12-7-8-13(2)16(9-12)17-11-29-21(22-17)23-18(26)10-25-20(28)15-6-4-3-5-14(15)19(27)24-25/h3-9,11H,10H2,1-2H3,(H,24,27)(H,22,23,26). The lowest BCUT2D eigenvalue weighted by Gasteiger charge is -2.07. The van der Waals surface area contributed by atoms with Crippen LogP contribution in [0.3, 0.4) is 0 Å². The van der Waals surface area contributed by atoms with Crippen LogP contribution in [0.1, 0.15) is 11.1 Å². The maximum Gasteiger partial charge on any atom is 0.273 e. The molecule has 4 rings (SSSR count). The van der Waals surface area contributed by atoms with Gasteiger partial charge in [0.2, 0.25) is 5.91 Å². The molecule has 146 valence electrons. The SMILES string of the molecule is Cc1ccc(C)c(-c2csc(NC(=O)Cn3[nH]c(=O)c4ccccc4c3=O)n2)c1. The zero-order chi connectivity index (χ0) is 20.5. The molecule has 1 amide bonds. The summed E-state index contributed by atoms with van der Waals surface area (Å²) in [7, 11) is 0. The predicted molar refractivity (Wildman–Crippen MR) is 114 cm³/mol. The molecule has 0 fully saturated rings. The van der Waals surface area contributed by atoms with Crippen molar-refractivity contribution >= 4 is 33.1 Å². The van der Waals surface area contributed by atoms with Crippen LogP contribution in [0.4, 0.5) is 5.13 Å². The number of aryl methyl sites for hydroxylation is 2. The maximum atomic E-state index is 12.5. The number of hydrogen-bond donors (Lipinski definition) is 2. The Hall–Kier alpha value is -3.52. The van der Waals surface area contributed by atoms with E-state index in [9.17, 15) is 14.4 Å². The molecule has 0 bridgehead atoms. The summed E-state index contributed by atoms with van der Waals surface area (Å²) in [6.45, 7) is 3.71. The minimum absolute atomic E-state index is 0.274. The number of aromatic nitrogens is 3. The molecule has 2 aromatic carbocycles. The van der Waals surface area contributed by atoms with Gasteiger partial charge in [-0.1, -0.05) is 29.8 Å². The molecule has 2 N–H and O–H groups in total. The molecule has 0 aliphatic carbocycles. The van der Waals surface area contributed by atoms with Crippen molar-refractivity contribution in [2.75, 3.05) is 5.32 Å². The van der Waals surface area contributed by atoms with Crippen LogP contribution in [-0.2, 0) is 11.3 Å². The van der Waals surface area contributed by atoms with Gasteiger partial charge in [0.05, 0.1) is 16.5 Å². The topological polar surface area (TPSA) is 96.9 Å². The van der Waals surface area contributed by atoms with Gasteiger partial charge in [0, 0.05) is 10.9 Å². The Balaban J connectivity index is 1.56. The second-order valence-corrected chi connectivity index (χ2v) is 7.64. The average Bonchev–Trinajstić information content (AvgIpc) is 3.16. The number of thiazole rings is 1. The van der Waals surface area contributed by atoms with E-state index >= 15 is 0 Å². The molecule has 0 saturated heterocycles. The number of anilines is 1. The van der Waals surface area contributed by atoms with Gasteiger partial charge in [-0.25, -0.2) is 9.67 Å². The first-order chi connectivity index (χ1) is 13.9. The van der Waals surface area contributed by atoms with E-state index in [2.05, 4.69) is 21.5 Å². The summed E-state index contributed by atoms with van der Waals surface area (Å²) >= 11 is 1.31. The fraction of sp³-hybridized carbons (Fsp3) is 0.143. The number of aromatic amines is 1. The van der Waals surface area contributed by atoms with E-state index in [-0.39, 0.29) is 11.9 Å². The van der Waals surface area contributed by atoms with Crippen molar-refractivity contribution in [3.05, 3.63) is 79.7 Å². The van der Waals surface area contributed by atoms with Gasteiger partial charge in [-0.3, -0.25) is 19.5 Å². The number of carbonyl (C=O) groups excluding carboxylic acids is 1. The van der Waals surface area contributed by atoms with Crippen LogP contribution in [0.5, 0.6) is 0 Å². The number of rotatable bonds is 4. The lowest BCUT2D eigenvalue weighted by atomic mass is 10.0. The van der Waals surface area contributed by atoms with Crippen molar-refractivity contribution in [3.8, 4) is 11.3 Å². The van der Waals surface area contributed by atoms with Gasteiger partial charge >= 0.3 is 0 Å². The lowest BCUT2D eigenvalue weighted by molar-refractivity contribution is -0.117. The Morgan fingerprint density at radius 2 is 1.90 bits per heavy atom. The third-order valence-corrected chi connectivity index (χ3v) is 5.36. The molecule has 7 nitrogen and oxygen atoms in total. The van der Waals surface area contributed by atoms with Crippen LogP contribution in [0.2, 0.25) is 0 Å². The van der Waals surface area contributed by atoms with Crippen molar-refractivity contribution < 1.29 is 4.79 Å². The number of fused-ring (bicyclic) bond motifs is 1. The summed E-state index contributed by atoms with van der Waals surface area (Å²) in [6.07, 6.45) is 0. The highest BCUT2D eigenvalue weighted by Gasteiger charge is 2.13. The molecule has 2 heterocycles. The number of hydrogen-bond acceptors (Lipinski definition) is 5. The fourth-order valence-corrected chi connectivity index (χ4v) is 3.85. The number of H-pyrrole nitrogens is 1. The van der Waals surface area contributed by atoms with Gasteiger partial charge in [0.15, 0.2) is 5.13 Å². The lowest BCUT2D eigenvalue weighted by Crippen LogP contribution is -2.34. The van der Waals surface area contributed by atoms with Crippen molar-refractivity contribution in [2.45, 2.75) is 20.4 Å². The fourth-order valence-electron chi connectivity index (χ4n) is 3.13. The van der Waals surface area contributed by atoms with Crippen LogP contribution in [0.25, 0.3) is 22.0 Å². The van der Waals surface area contributed by atoms with Crippen molar-refractivity contribution in [1.82, 2.24) is 14.8 Å². The van der Waals surface area contributed by atoms with Gasteiger partial charge in [-0.05, 0) is 37.6 Å². The van der Waals surface area contributed by atoms with Crippen LogP contribution >= 0.6 is 11.3 Å². The first-order valence-corrected chi connectivity index (χ1v) is 9.85.